The summed E-state index contributed by atoms with van der Waals surface area (Å²) in [4.78, 5) is 12.9. The highest BCUT2D eigenvalue weighted by Crippen LogP contribution is 2.19. The van der Waals surface area contributed by atoms with Crippen LogP contribution in [0, 0.1) is 0 Å². The molecule has 0 spiro atoms. The van der Waals surface area contributed by atoms with Crippen molar-refractivity contribution >= 4 is 11.7 Å². The van der Waals surface area contributed by atoms with Crippen molar-refractivity contribution < 1.29 is 14.6 Å². The second-order valence-electron chi connectivity index (χ2n) is 3.59. The summed E-state index contributed by atoms with van der Waals surface area (Å²) in [6.45, 7) is 1.46. The van der Waals surface area contributed by atoms with Crippen LogP contribution in [0.1, 0.15) is 16.8 Å². The quantitative estimate of drug-likeness (QED) is 0.748. The van der Waals surface area contributed by atoms with Gasteiger partial charge in [0, 0.05) is 27.3 Å². The molecule has 1 N–H and O–H groups in total. The summed E-state index contributed by atoms with van der Waals surface area (Å²) in [5, 5.41) is 9.03. The van der Waals surface area contributed by atoms with E-state index < -0.39 is 5.97 Å². The van der Waals surface area contributed by atoms with Gasteiger partial charge in [-0.05, 0) is 18.6 Å². The fourth-order valence-electron chi connectivity index (χ4n) is 1.55. The van der Waals surface area contributed by atoms with Crippen LogP contribution in [0.15, 0.2) is 24.3 Å². The number of anilines is 1. The molecule has 0 radical (unpaired) electrons. The van der Waals surface area contributed by atoms with Crippen LogP contribution in [0.2, 0.25) is 0 Å². The molecule has 0 saturated heterocycles. The molecule has 0 atom stereocenters. The number of aromatic carboxylic acids is 1. The molecule has 0 aliphatic rings. The Hall–Kier alpha value is -1.55. The van der Waals surface area contributed by atoms with E-state index in [1.54, 1.807) is 19.2 Å². The van der Waals surface area contributed by atoms with Gasteiger partial charge >= 0.3 is 5.97 Å². The number of carbonyl (C=O) groups is 1. The van der Waals surface area contributed by atoms with E-state index >= 15 is 0 Å². The zero-order valence-corrected chi connectivity index (χ0v) is 9.64. The third-order valence-electron chi connectivity index (χ3n) is 2.39. The molecule has 1 rings (SSSR count). The number of para-hydroxylation sites is 1. The van der Waals surface area contributed by atoms with Crippen LogP contribution in [0.3, 0.4) is 0 Å². The number of methoxy groups -OCH3 is 1. The number of carboxylic acid groups (broad SMARTS) is 1. The average Bonchev–Trinajstić information content (AvgIpc) is 2.29. The number of benzene rings is 1. The summed E-state index contributed by atoms with van der Waals surface area (Å²) in [5.41, 5.74) is 1.08. The molecule has 16 heavy (non-hydrogen) atoms. The summed E-state index contributed by atoms with van der Waals surface area (Å²) >= 11 is 0. The lowest BCUT2D eigenvalue weighted by atomic mass is 10.1. The highest BCUT2D eigenvalue weighted by molar-refractivity contribution is 5.94. The van der Waals surface area contributed by atoms with Crippen molar-refractivity contribution in [1.82, 2.24) is 0 Å². The van der Waals surface area contributed by atoms with Gasteiger partial charge in [-0.25, -0.2) is 4.79 Å². The number of hydrogen-bond donors (Lipinski definition) is 1. The topological polar surface area (TPSA) is 49.8 Å². The molecule has 0 bridgehead atoms. The number of rotatable bonds is 6. The van der Waals surface area contributed by atoms with Crippen molar-refractivity contribution in [3.05, 3.63) is 29.8 Å². The largest absolute Gasteiger partial charge is 0.478 e. The third-order valence-corrected chi connectivity index (χ3v) is 2.39. The molecule has 4 heteroatoms. The first kappa shape index (κ1) is 12.5. The second-order valence-corrected chi connectivity index (χ2v) is 3.59. The van der Waals surface area contributed by atoms with Gasteiger partial charge < -0.3 is 14.7 Å². The summed E-state index contributed by atoms with van der Waals surface area (Å²) in [7, 11) is 3.54. The Balaban J connectivity index is 2.74. The molecule has 0 aliphatic heterocycles. The van der Waals surface area contributed by atoms with Crippen molar-refractivity contribution in [3.8, 4) is 0 Å². The Morgan fingerprint density at radius 3 is 2.75 bits per heavy atom. The first-order valence-electron chi connectivity index (χ1n) is 5.19. The van der Waals surface area contributed by atoms with Gasteiger partial charge in [-0.2, -0.15) is 0 Å². The molecule has 1 aromatic carbocycles. The smallest absolute Gasteiger partial charge is 0.337 e. The van der Waals surface area contributed by atoms with Crippen LogP contribution in [0.5, 0.6) is 0 Å². The van der Waals surface area contributed by atoms with Gasteiger partial charge in [0.1, 0.15) is 0 Å². The summed E-state index contributed by atoms with van der Waals surface area (Å²) in [6, 6.07) is 7.01. The fraction of sp³-hybridized carbons (Fsp3) is 0.417. The minimum atomic E-state index is -0.894. The van der Waals surface area contributed by atoms with E-state index in [1.165, 1.54) is 0 Å². The maximum absolute atomic E-state index is 11.0. The van der Waals surface area contributed by atoms with Crippen LogP contribution in [-0.2, 0) is 4.74 Å². The van der Waals surface area contributed by atoms with Crippen molar-refractivity contribution in [1.29, 1.82) is 0 Å². The molecule has 0 unspecified atom stereocenters. The molecule has 0 aromatic heterocycles. The Morgan fingerprint density at radius 1 is 1.44 bits per heavy atom. The predicted molar refractivity (Wildman–Crippen MR) is 63.2 cm³/mol. The summed E-state index contributed by atoms with van der Waals surface area (Å²) < 4.78 is 4.96. The average molecular weight is 223 g/mol. The molecular weight excluding hydrogens is 206 g/mol. The lowest BCUT2D eigenvalue weighted by molar-refractivity contribution is 0.0697. The SMILES string of the molecule is COCCCN(C)c1ccccc1C(=O)O. The van der Waals surface area contributed by atoms with Crippen LogP contribution in [-0.4, -0.2) is 38.4 Å². The zero-order chi connectivity index (χ0) is 12.0. The summed E-state index contributed by atoms with van der Waals surface area (Å²) in [6.07, 6.45) is 0.876. The number of nitrogens with zero attached hydrogens (tertiary/aromatic N) is 1. The van der Waals surface area contributed by atoms with Gasteiger partial charge in [-0.3, -0.25) is 0 Å². The highest BCUT2D eigenvalue weighted by Gasteiger charge is 2.11. The van der Waals surface area contributed by atoms with Crippen molar-refractivity contribution in [2.24, 2.45) is 0 Å². The third kappa shape index (κ3) is 3.24. The minimum absolute atomic E-state index is 0.336. The van der Waals surface area contributed by atoms with Crippen molar-refractivity contribution in [2.45, 2.75) is 6.42 Å². The zero-order valence-electron chi connectivity index (χ0n) is 9.64. The first-order chi connectivity index (χ1) is 7.66. The first-order valence-corrected chi connectivity index (χ1v) is 5.19. The molecule has 88 valence electrons. The van der Waals surface area contributed by atoms with Gasteiger partial charge in [0.15, 0.2) is 0 Å². The summed E-state index contributed by atoms with van der Waals surface area (Å²) in [5.74, 6) is -0.894. The van der Waals surface area contributed by atoms with E-state index in [2.05, 4.69) is 0 Å². The number of carboxylic acids is 1. The molecule has 0 aliphatic carbocycles. The highest BCUT2D eigenvalue weighted by atomic mass is 16.5. The number of ether oxygens (including phenoxy) is 1. The Morgan fingerprint density at radius 2 is 2.12 bits per heavy atom. The lowest BCUT2D eigenvalue weighted by Gasteiger charge is -2.20. The van der Waals surface area contributed by atoms with E-state index in [4.69, 9.17) is 9.84 Å². The van der Waals surface area contributed by atoms with Crippen LogP contribution in [0.4, 0.5) is 5.69 Å². The molecule has 1 aromatic rings. The van der Waals surface area contributed by atoms with E-state index in [9.17, 15) is 4.79 Å². The second kappa shape index (κ2) is 6.12. The lowest BCUT2D eigenvalue weighted by Crippen LogP contribution is -2.22. The monoisotopic (exact) mass is 223 g/mol. The van der Waals surface area contributed by atoms with E-state index in [0.717, 1.165) is 18.7 Å². The van der Waals surface area contributed by atoms with Crippen LogP contribution in [0.25, 0.3) is 0 Å². The molecule has 0 saturated carbocycles. The fourth-order valence-corrected chi connectivity index (χ4v) is 1.55. The Kier molecular flexibility index (Phi) is 4.79. The van der Waals surface area contributed by atoms with Crippen LogP contribution < -0.4 is 4.90 Å². The van der Waals surface area contributed by atoms with Gasteiger partial charge in [0.05, 0.1) is 11.3 Å². The molecular formula is C12H17NO3. The minimum Gasteiger partial charge on any atom is -0.478 e. The molecule has 0 amide bonds. The van der Waals surface area contributed by atoms with E-state index in [1.807, 2.05) is 24.1 Å². The number of hydrogen-bond acceptors (Lipinski definition) is 3. The van der Waals surface area contributed by atoms with Crippen molar-refractivity contribution in [2.75, 3.05) is 32.2 Å². The predicted octanol–water partition coefficient (Wildman–Crippen LogP) is 1.86. The maximum atomic E-state index is 11.0. The van der Waals surface area contributed by atoms with Gasteiger partial charge in [0.25, 0.3) is 0 Å². The van der Waals surface area contributed by atoms with E-state index in [0.29, 0.717) is 12.2 Å². The Bertz CT molecular complexity index is 352. The molecule has 4 nitrogen and oxygen atoms in total. The maximum Gasteiger partial charge on any atom is 0.337 e. The molecule has 0 fully saturated rings. The van der Waals surface area contributed by atoms with Gasteiger partial charge in [0.2, 0.25) is 0 Å². The van der Waals surface area contributed by atoms with Crippen LogP contribution >= 0.6 is 0 Å². The van der Waals surface area contributed by atoms with Gasteiger partial charge in [-0.15, -0.1) is 0 Å². The molecule has 0 heterocycles. The van der Waals surface area contributed by atoms with Crippen molar-refractivity contribution in [3.63, 3.8) is 0 Å². The van der Waals surface area contributed by atoms with E-state index in [-0.39, 0.29) is 0 Å². The Labute approximate surface area is 95.5 Å². The normalized spacial score (nSPS) is 10.1. The standard InChI is InChI=1S/C12H17NO3/c1-13(8-5-9-16-2)11-7-4-3-6-10(11)12(14)15/h3-4,6-7H,5,8-9H2,1-2H3,(H,14,15). The van der Waals surface area contributed by atoms with Gasteiger partial charge in [-0.1, -0.05) is 12.1 Å².